The number of amides is 3. The predicted molar refractivity (Wildman–Crippen MR) is 121 cm³/mol. The fraction of sp³-hybridized carbons (Fsp3) is 0.160. The number of fused-ring (bicyclic) bond motifs is 1. The lowest BCUT2D eigenvalue weighted by Gasteiger charge is -2.18. The van der Waals surface area contributed by atoms with Crippen molar-refractivity contribution < 1.29 is 14.4 Å². The number of hydrogen-bond donors (Lipinski definition) is 0. The van der Waals surface area contributed by atoms with Crippen molar-refractivity contribution in [1.29, 1.82) is 0 Å². The fourth-order valence-electron chi connectivity index (χ4n) is 3.73. The Kier molecular flexibility index (Phi) is 5.38. The van der Waals surface area contributed by atoms with E-state index in [1.54, 1.807) is 25.2 Å². The van der Waals surface area contributed by atoms with E-state index in [2.05, 4.69) is 0 Å². The third-order valence-corrected chi connectivity index (χ3v) is 5.82. The second kappa shape index (κ2) is 8.00. The van der Waals surface area contributed by atoms with E-state index in [9.17, 15) is 14.4 Å². The number of benzene rings is 3. The first kappa shape index (κ1) is 20.8. The van der Waals surface area contributed by atoms with Crippen LogP contribution in [0, 0.1) is 13.8 Å². The van der Waals surface area contributed by atoms with Gasteiger partial charge in [0, 0.05) is 24.2 Å². The van der Waals surface area contributed by atoms with Gasteiger partial charge in [-0.2, -0.15) is 0 Å². The van der Waals surface area contributed by atoms with Gasteiger partial charge < -0.3 is 4.90 Å². The van der Waals surface area contributed by atoms with Gasteiger partial charge in [0.25, 0.3) is 17.7 Å². The zero-order valence-electron chi connectivity index (χ0n) is 17.5. The maximum absolute atomic E-state index is 13.1. The molecule has 156 valence electrons. The van der Waals surface area contributed by atoms with Crippen molar-refractivity contribution in [2.75, 3.05) is 11.9 Å². The molecule has 0 radical (unpaired) electrons. The maximum atomic E-state index is 13.1. The first-order valence-corrected chi connectivity index (χ1v) is 10.2. The largest absolute Gasteiger partial charge is 0.337 e. The topological polar surface area (TPSA) is 57.7 Å². The van der Waals surface area contributed by atoms with Crippen LogP contribution in [0.4, 0.5) is 5.69 Å². The summed E-state index contributed by atoms with van der Waals surface area (Å²) in [4.78, 5) is 41.8. The minimum absolute atomic E-state index is 0.239. The Hall–Kier alpha value is -3.44. The maximum Gasteiger partial charge on any atom is 0.266 e. The summed E-state index contributed by atoms with van der Waals surface area (Å²) < 4.78 is 0. The third-order valence-electron chi connectivity index (χ3n) is 5.45. The molecule has 6 heteroatoms. The highest BCUT2D eigenvalue weighted by Gasteiger charge is 2.38. The van der Waals surface area contributed by atoms with Crippen molar-refractivity contribution in [3.8, 4) is 0 Å². The molecule has 0 saturated carbocycles. The number of carbonyl (C=O) groups excluding carboxylic acids is 3. The van der Waals surface area contributed by atoms with Crippen LogP contribution in [0.25, 0.3) is 0 Å². The molecule has 31 heavy (non-hydrogen) atoms. The molecule has 0 aromatic heterocycles. The second-order valence-corrected chi connectivity index (χ2v) is 8.16. The molecular formula is C25H21ClN2O3. The van der Waals surface area contributed by atoms with Gasteiger partial charge in [-0.3, -0.25) is 14.4 Å². The van der Waals surface area contributed by atoms with Gasteiger partial charge in [0.2, 0.25) is 0 Å². The van der Waals surface area contributed by atoms with Crippen LogP contribution >= 0.6 is 11.6 Å². The van der Waals surface area contributed by atoms with E-state index in [0.717, 1.165) is 16.7 Å². The highest BCUT2D eigenvalue weighted by molar-refractivity contribution is 6.35. The van der Waals surface area contributed by atoms with E-state index in [0.29, 0.717) is 28.4 Å². The number of halogens is 1. The average molecular weight is 433 g/mol. The third kappa shape index (κ3) is 3.73. The minimum atomic E-state index is -0.419. The Morgan fingerprint density at radius 1 is 0.935 bits per heavy atom. The van der Waals surface area contributed by atoms with Crippen molar-refractivity contribution >= 4 is 35.0 Å². The highest BCUT2D eigenvalue weighted by atomic mass is 35.5. The summed E-state index contributed by atoms with van der Waals surface area (Å²) in [6.07, 6.45) is 0. The predicted octanol–water partition coefficient (Wildman–Crippen LogP) is 5.03. The molecular weight excluding hydrogens is 412 g/mol. The monoisotopic (exact) mass is 432 g/mol. The molecule has 3 amide bonds. The van der Waals surface area contributed by atoms with Gasteiger partial charge >= 0.3 is 0 Å². The van der Waals surface area contributed by atoms with Crippen LogP contribution in [-0.4, -0.2) is 29.7 Å². The van der Waals surface area contributed by atoms with E-state index in [1.807, 2.05) is 50.2 Å². The summed E-state index contributed by atoms with van der Waals surface area (Å²) in [5, 5.41) is 0.584. The smallest absolute Gasteiger partial charge is 0.266 e. The van der Waals surface area contributed by atoms with Gasteiger partial charge in [0.1, 0.15) is 0 Å². The second-order valence-electron chi connectivity index (χ2n) is 7.75. The molecule has 0 fully saturated rings. The SMILES string of the molecule is Cc1ccc(C)c(N2C(=O)c3ccc(C(=O)N(C)Cc4ccccc4Cl)cc3C2=O)c1. The van der Waals surface area contributed by atoms with E-state index in [1.165, 1.54) is 15.9 Å². The molecule has 0 aliphatic carbocycles. The molecule has 1 heterocycles. The molecule has 0 bridgehead atoms. The van der Waals surface area contributed by atoms with E-state index < -0.39 is 5.91 Å². The number of carbonyl (C=O) groups is 3. The van der Waals surface area contributed by atoms with Crippen LogP contribution < -0.4 is 4.90 Å². The molecule has 5 nitrogen and oxygen atoms in total. The number of anilines is 1. The zero-order chi connectivity index (χ0) is 22.3. The van der Waals surface area contributed by atoms with Gasteiger partial charge in [0.15, 0.2) is 0 Å². The summed E-state index contributed by atoms with van der Waals surface area (Å²) in [6.45, 7) is 4.10. The lowest BCUT2D eigenvalue weighted by Crippen LogP contribution is -2.30. The van der Waals surface area contributed by atoms with Crippen molar-refractivity contribution in [1.82, 2.24) is 4.90 Å². The molecule has 0 saturated heterocycles. The lowest BCUT2D eigenvalue weighted by atomic mass is 10.0. The highest BCUT2D eigenvalue weighted by Crippen LogP contribution is 2.32. The summed E-state index contributed by atoms with van der Waals surface area (Å²) in [5.41, 5.74) is 4.06. The van der Waals surface area contributed by atoms with E-state index in [4.69, 9.17) is 11.6 Å². The number of rotatable bonds is 4. The summed E-state index contributed by atoms with van der Waals surface area (Å²) in [5.74, 6) is -1.05. The molecule has 1 aliphatic rings. The normalized spacial score (nSPS) is 12.8. The number of nitrogens with zero attached hydrogens (tertiary/aromatic N) is 2. The molecule has 0 N–H and O–H groups in total. The van der Waals surface area contributed by atoms with Gasteiger partial charge in [-0.05, 0) is 60.9 Å². The zero-order valence-corrected chi connectivity index (χ0v) is 18.2. The molecule has 3 aromatic carbocycles. The van der Waals surface area contributed by atoms with Crippen LogP contribution in [-0.2, 0) is 6.54 Å². The standard InChI is InChI=1S/C25H21ClN2O3/c1-15-8-9-16(2)22(12-15)28-24(30)19-11-10-17(13-20(19)25(28)31)23(29)27(3)14-18-6-4-5-7-21(18)26/h4-13H,14H2,1-3H3. The minimum Gasteiger partial charge on any atom is -0.337 e. The first-order chi connectivity index (χ1) is 14.8. The quantitative estimate of drug-likeness (QED) is 0.543. The van der Waals surface area contributed by atoms with Crippen LogP contribution in [0.2, 0.25) is 5.02 Å². The van der Waals surface area contributed by atoms with Gasteiger partial charge in [0.05, 0.1) is 16.8 Å². The molecule has 0 unspecified atom stereocenters. The van der Waals surface area contributed by atoms with Crippen molar-refractivity contribution in [3.05, 3.63) is 99.1 Å². The average Bonchev–Trinajstić information content (AvgIpc) is 3.00. The molecule has 0 atom stereocenters. The number of hydrogen-bond acceptors (Lipinski definition) is 3. The van der Waals surface area contributed by atoms with E-state index in [-0.39, 0.29) is 17.4 Å². The summed E-state index contributed by atoms with van der Waals surface area (Å²) in [6, 6.07) is 17.6. The molecule has 3 aromatic rings. The number of imide groups is 1. The van der Waals surface area contributed by atoms with Crippen LogP contribution in [0.3, 0.4) is 0 Å². The van der Waals surface area contributed by atoms with Crippen LogP contribution in [0.5, 0.6) is 0 Å². The van der Waals surface area contributed by atoms with Gasteiger partial charge in [-0.15, -0.1) is 0 Å². The van der Waals surface area contributed by atoms with Crippen LogP contribution in [0.1, 0.15) is 47.8 Å². The summed E-state index contributed by atoms with van der Waals surface area (Å²) in [7, 11) is 1.67. The Morgan fingerprint density at radius 2 is 1.65 bits per heavy atom. The number of aryl methyl sites for hydroxylation is 2. The Balaban J connectivity index is 1.63. The van der Waals surface area contributed by atoms with Crippen LogP contribution in [0.15, 0.2) is 60.7 Å². The van der Waals surface area contributed by atoms with Gasteiger partial charge in [-0.1, -0.05) is 41.9 Å². The molecule has 0 spiro atoms. The Labute approximate surface area is 185 Å². The molecule has 4 rings (SSSR count). The summed E-state index contributed by atoms with van der Waals surface area (Å²) >= 11 is 6.20. The van der Waals surface area contributed by atoms with Gasteiger partial charge in [-0.25, -0.2) is 4.90 Å². The van der Waals surface area contributed by atoms with Crippen molar-refractivity contribution in [3.63, 3.8) is 0 Å². The van der Waals surface area contributed by atoms with E-state index >= 15 is 0 Å². The Bertz CT molecular complexity index is 1240. The Morgan fingerprint density at radius 3 is 2.39 bits per heavy atom. The molecule has 1 aliphatic heterocycles. The lowest BCUT2D eigenvalue weighted by molar-refractivity contribution is 0.0784. The van der Waals surface area contributed by atoms with Crippen molar-refractivity contribution in [2.45, 2.75) is 20.4 Å². The fourth-order valence-corrected chi connectivity index (χ4v) is 3.92. The first-order valence-electron chi connectivity index (χ1n) is 9.87. The van der Waals surface area contributed by atoms with Crippen molar-refractivity contribution in [2.24, 2.45) is 0 Å².